The highest BCUT2D eigenvalue weighted by Gasteiger charge is 2.24. The van der Waals surface area contributed by atoms with Crippen LogP contribution in [0.15, 0.2) is 0 Å². The lowest BCUT2D eigenvalue weighted by molar-refractivity contribution is -0.0255. The van der Waals surface area contributed by atoms with Crippen LogP contribution in [0.1, 0.15) is 27.2 Å². The van der Waals surface area contributed by atoms with Crippen molar-refractivity contribution in [3.8, 4) is 0 Å². The quantitative estimate of drug-likeness (QED) is 0.556. The van der Waals surface area contributed by atoms with Crippen molar-refractivity contribution in [3.05, 3.63) is 0 Å². The van der Waals surface area contributed by atoms with Crippen LogP contribution in [0, 0.1) is 0 Å². The molecule has 0 aromatic rings. The van der Waals surface area contributed by atoms with Gasteiger partial charge in [0.05, 0.1) is 0 Å². The SMILES string of the molecule is CC.CCC(F)(F)CF. The Morgan fingerprint density at radius 1 is 1.22 bits per heavy atom. The van der Waals surface area contributed by atoms with Crippen molar-refractivity contribution in [1.82, 2.24) is 0 Å². The molecule has 0 radical (unpaired) electrons. The molecule has 0 saturated heterocycles. The highest BCUT2D eigenvalue weighted by atomic mass is 19.3. The average Bonchev–Trinajstić information content (AvgIpc) is 1.93. The monoisotopic (exact) mass is 142 g/mol. The van der Waals surface area contributed by atoms with E-state index in [-0.39, 0.29) is 0 Å². The molecule has 0 amide bonds. The van der Waals surface area contributed by atoms with E-state index < -0.39 is 19.0 Å². The third-order valence-electron chi connectivity index (χ3n) is 0.713. The van der Waals surface area contributed by atoms with Gasteiger partial charge in [0.25, 0.3) is 5.92 Å². The molecule has 0 aliphatic carbocycles. The Balaban J connectivity index is 0. The second-order valence-electron chi connectivity index (χ2n) is 1.34. The van der Waals surface area contributed by atoms with Crippen LogP contribution in [0.5, 0.6) is 0 Å². The van der Waals surface area contributed by atoms with E-state index in [4.69, 9.17) is 0 Å². The number of hydrogen-bond donors (Lipinski definition) is 0. The normalized spacial score (nSPS) is 10.0. The fourth-order valence-corrected chi connectivity index (χ4v) is 0.0945. The summed E-state index contributed by atoms with van der Waals surface area (Å²) in [4.78, 5) is 0. The molecule has 0 atom stereocenters. The van der Waals surface area contributed by atoms with Gasteiger partial charge in [-0.15, -0.1) is 0 Å². The van der Waals surface area contributed by atoms with Crippen molar-refractivity contribution in [3.63, 3.8) is 0 Å². The summed E-state index contributed by atoms with van der Waals surface area (Å²) in [6.45, 7) is 3.71. The van der Waals surface area contributed by atoms with Crippen molar-refractivity contribution in [2.75, 3.05) is 6.67 Å². The molecule has 0 aliphatic rings. The highest BCUT2D eigenvalue weighted by Crippen LogP contribution is 2.16. The second kappa shape index (κ2) is 5.92. The first-order valence-electron chi connectivity index (χ1n) is 3.06. The molecule has 0 rings (SSSR count). The second-order valence-corrected chi connectivity index (χ2v) is 1.34. The van der Waals surface area contributed by atoms with Gasteiger partial charge < -0.3 is 0 Å². The molecule has 58 valence electrons. The largest absolute Gasteiger partial charge is 0.275 e. The Kier molecular flexibility index (Phi) is 7.61. The number of hydrogen-bond acceptors (Lipinski definition) is 0. The smallest absolute Gasteiger partial charge is 0.244 e. The summed E-state index contributed by atoms with van der Waals surface area (Å²) in [5.74, 6) is -3.08. The van der Waals surface area contributed by atoms with Crippen molar-refractivity contribution < 1.29 is 13.2 Å². The van der Waals surface area contributed by atoms with E-state index >= 15 is 0 Å². The van der Waals surface area contributed by atoms with Crippen molar-refractivity contribution in [1.29, 1.82) is 0 Å². The van der Waals surface area contributed by atoms with Crippen LogP contribution in [0.4, 0.5) is 13.2 Å². The minimum Gasteiger partial charge on any atom is -0.244 e. The summed E-state index contributed by atoms with van der Waals surface area (Å²) in [6, 6.07) is 0. The summed E-state index contributed by atoms with van der Waals surface area (Å²) >= 11 is 0. The molecule has 0 unspecified atom stereocenters. The molecule has 0 aromatic carbocycles. The maximum atomic E-state index is 11.5. The Labute approximate surface area is 54.1 Å². The lowest BCUT2D eigenvalue weighted by atomic mass is 10.3. The van der Waals surface area contributed by atoms with Gasteiger partial charge in [-0.1, -0.05) is 20.8 Å². The van der Waals surface area contributed by atoms with E-state index in [2.05, 4.69) is 0 Å². The van der Waals surface area contributed by atoms with Crippen molar-refractivity contribution in [2.24, 2.45) is 0 Å². The molecule has 0 fully saturated rings. The van der Waals surface area contributed by atoms with E-state index in [0.29, 0.717) is 0 Å². The summed E-state index contributed by atoms with van der Waals surface area (Å²) in [5.41, 5.74) is 0. The predicted molar refractivity (Wildman–Crippen MR) is 32.6 cm³/mol. The lowest BCUT2D eigenvalue weighted by Gasteiger charge is -2.05. The maximum Gasteiger partial charge on any atom is 0.275 e. The molecule has 0 bridgehead atoms. The van der Waals surface area contributed by atoms with Crippen LogP contribution in [-0.2, 0) is 0 Å². The molecule has 3 heteroatoms. The topological polar surface area (TPSA) is 0 Å². The Morgan fingerprint density at radius 3 is 1.56 bits per heavy atom. The third kappa shape index (κ3) is 7.79. The standard InChI is InChI=1S/C4H7F3.C2H6/c1-2-4(6,7)3-5;1-2/h2-3H2,1H3;1-2H3. The van der Waals surface area contributed by atoms with E-state index in [1.165, 1.54) is 6.92 Å². The van der Waals surface area contributed by atoms with Crippen LogP contribution < -0.4 is 0 Å². The lowest BCUT2D eigenvalue weighted by Crippen LogP contribution is -2.16. The highest BCUT2D eigenvalue weighted by molar-refractivity contribution is 4.58. The van der Waals surface area contributed by atoms with Crippen LogP contribution in [0.25, 0.3) is 0 Å². The van der Waals surface area contributed by atoms with Gasteiger partial charge in [0.1, 0.15) is 0 Å². The van der Waals surface area contributed by atoms with Crippen molar-refractivity contribution in [2.45, 2.75) is 33.1 Å². The molecule has 0 saturated carbocycles. The summed E-state index contributed by atoms with van der Waals surface area (Å²) in [7, 11) is 0. The first-order chi connectivity index (χ1) is 4.12. The molecule has 0 aliphatic heterocycles. The molecule has 0 spiro atoms. The number of rotatable bonds is 2. The summed E-state index contributed by atoms with van der Waals surface area (Å²) < 4.78 is 34.0. The zero-order valence-electron chi connectivity index (χ0n) is 6.05. The number of alkyl halides is 3. The zero-order chi connectivity index (χ0) is 7.91. The predicted octanol–water partition coefficient (Wildman–Crippen LogP) is 3.03. The fraction of sp³-hybridized carbons (Fsp3) is 1.00. The van der Waals surface area contributed by atoms with E-state index in [1.807, 2.05) is 13.8 Å². The summed E-state index contributed by atoms with van der Waals surface area (Å²) in [6.07, 6.45) is -0.413. The number of halogens is 3. The average molecular weight is 142 g/mol. The van der Waals surface area contributed by atoms with Crippen LogP contribution in [0.3, 0.4) is 0 Å². The molecule has 0 aromatic heterocycles. The first-order valence-corrected chi connectivity index (χ1v) is 3.06. The van der Waals surface area contributed by atoms with E-state index in [1.54, 1.807) is 0 Å². The molecular weight excluding hydrogens is 129 g/mol. The van der Waals surface area contributed by atoms with Gasteiger partial charge in [-0.2, -0.15) is 0 Å². The molecule has 0 nitrogen and oxygen atoms in total. The maximum absolute atomic E-state index is 11.5. The minimum atomic E-state index is -3.08. The van der Waals surface area contributed by atoms with Gasteiger partial charge in [-0.25, -0.2) is 13.2 Å². The third-order valence-corrected chi connectivity index (χ3v) is 0.713. The Morgan fingerprint density at radius 2 is 1.56 bits per heavy atom. The van der Waals surface area contributed by atoms with Crippen molar-refractivity contribution >= 4 is 0 Å². The molecule has 0 N–H and O–H groups in total. The van der Waals surface area contributed by atoms with Gasteiger partial charge in [-0.05, 0) is 0 Å². The van der Waals surface area contributed by atoms with Gasteiger partial charge in [0.2, 0.25) is 0 Å². The van der Waals surface area contributed by atoms with Gasteiger partial charge in [0, 0.05) is 6.42 Å². The van der Waals surface area contributed by atoms with Crippen LogP contribution in [-0.4, -0.2) is 12.6 Å². The zero-order valence-corrected chi connectivity index (χ0v) is 6.05. The first kappa shape index (κ1) is 11.6. The van der Waals surface area contributed by atoms with E-state index in [9.17, 15) is 13.2 Å². The van der Waals surface area contributed by atoms with E-state index in [0.717, 1.165) is 0 Å². The molecule has 0 heterocycles. The van der Waals surface area contributed by atoms with Crippen LogP contribution in [0.2, 0.25) is 0 Å². The Bertz CT molecular complexity index is 46.3. The van der Waals surface area contributed by atoms with Gasteiger partial charge >= 0.3 is 0 Å². The van der Waals surface area contributed by atoms with Gasteiger partial charge in [0.15, 0.2) is 6.67 Å². The van der Waals surface area contributed by atoms with Crippen LogP contribution >= 0.6 is 0 Å². The fourth-order valence-electron chi connectivity index (χ4n) is 0.0945. The minimum absolute atomic E-state index is 0.413. The summed E-state index contributed by atoms with van der Waals surface area (Å²) in [5, 5.41) is 0. The van der Waals surface area contributed by atoms with Gasteiger partial charge in [-0.3, -0.25) is 0 Å². The molecular formula is C6H13F3. The molecule has 9 heavy (non-hydrogen) atoms. The Hall–Kier alpha value is -0.210.